The van der Waals surface area contributed by atoms with Gasteiger partial charge >= 0.3 is 0 Å². The standard InChI is InChI=1S/C17H14BrClN2O/c1-10-21-16(14-8-12(18)4-7-17(14)22-10)9-15(20-21)11-2-5-13(19)6-3-11/h2-8,10,16H,9H2,1H3. The van der Waals surface area contributed by atoms with Crippen molar-refractivity contribution in [3.05, 3.63) is 63.1 Å². The molecule has 4 rings (SSSR count). The highest BCUT2D eigenvalue weighted by Gasteiger charge is 2.38. The molecule has 2 aromatic carbocycles. The maximum absolute atomic E-state index is 5.98. The third kappa shape index (κ3) is 2.31. The molecule has 112 valence electrons. The first-order valence-electron chi connectivity index (χ1n) is 7.20. The van der Waals surface area contributed by atoms with E-state index in [1.165, 1.54) is 5.56 Å². The number of rotatable bonds is 1. The molecule has 0 amide bonds. The molecule has 0 fully saturated rings. The van der Waals surface area contributed by atoms with Crippen LogP contribution in [0.25, 0.3) is 0 Å². The Kier molecular flexibility index (Phi) is 3.39. The third-order valence-electron chi connectivity index (χ3n) is 4.12. The van der Waals surface area contributed by atoms with Gasteiger partial charge < -0.3 is 4.74 Å². The molecule has 22 heavy (non-hydrogen) atoms. The lowest BCUT2D eigenvalue weighted by Gasteiger charge is -2.36. The van der Waals surface area contributed by atoms with Crippen LogP contribution in [0.15, 0.2) is 52.0 Å². The monoisotopic (exact) mass is 376 g/mol. The summed E-state index contributed by atoms with van der Waals surface area (Å²) in [4.78, 5) is 0. The van der Waals surface area contributed by atoms with E-state index in [-0.39, 0.29) is 12.3 Å². The van der Waals surface area contributed by atoms with Crippen LogP contribution >= 0.6 is 27.5 Å². The quantitative estimate of drug-likeness (QED) is 0.699. The maximum Gasteiger partial charge on any atom is 0.185 e. The highest BCUT2D eigenvalue weighted by atomic mass is 79.9. The number of halogens is 2. The molecule has 0 saturated heterocycles. The molecule has 2 unspecified atom stereocenters. The molecule has 2 atom stereocenters. The Morgan fingerprint density at radius 3 is 2.77 bits per heavy atom. The van der Waals surface area contributed by atoms with Gasteiger partial charge in [-0.15, -0.1) is 0 Å². The Bertz CT molecular complexity index is 760. The zero-order chi connectivity index (χ0) is 15.3. The molecule has 5 heteroatoms. The van der Waals surface area contributed by atoms with Gasteiger partial charge in [0.2, 0.25) is 0 Å². The third-order valence-corrected chi connectivity index (χ3v) is 4.87. The molecule has 0 saturated carbocycles. The van der Waals surface area contributed by atoms with Crippen LogP contribution in [0.3, 0.4) is 0 Å². The Hall–Kier alpha value is -1.52. The maximum atomic E-state index is 5.98. The normalized spacial score (nSPS) is 22.7. The van der Waals surface area contributed by atoms with Crippen LogP contribution in [0.1, 0.15) is 30.5 Å². The first-order chi connectivity index (χ1) is 10.6. The minimum Gasteiger partial charge on any atom is -0.469 e. The van der Waals surface area contributed by atoms with Crippen LogP contribution < -0.4 is 4.74 Å². The lowest BCUT2D eigenvalue weighted by atomic mass is 9.97. The minimum atomic E-state index is -0.0662. The van der Waals surface area contributed by atoms with Crippen LogP contribution in [0.2, 0.25) is 5.02 Å². The summed E-state index contributed by atoms with van der Waals surface area (Å²) < 4.78 is 7.04. The fourth-order valence-electron chi connectivity index (χ4n) is 3.06. The van der Waals surface area contributed by atoms with E-state index in [1.807, 2.05) is 43.3 Å². The second kappa shape index (κ2) is 5.28. The van der Waals surface area contributed by atoms with Gasteiger partial charge in [-0.1, -0.05) is 39.7 Å². The van der Waals surface area contributed by atoms with Crippen molar-refractivity contribution >= 4 is 33.2 Å². The number of ether oxygens (including phenoxy) is 1. The minimum absolute atomic E-state index is 0.0662. The number of hydrazone groups is 1. The van der Waals surface area contributed by atoms with Crippen molar-refractivity contribution in [3.8, 4) is 5.75 Å². The van der Waals surface area contributed by atoms with Gasteiger partial charge in [0.25, 0.3) is 0 Å². The molecule has 0 aromatic heterocycles. The van der Waals surface area contributed by atoms with Gasteiger partial charge in [0.05, 0.1) is 11.8 Å². The molecule has 2 aromatic rings. The van der Waals surface area contributed by atoms with Gasteiger partial charge in [0.1, 0.15) is 5.75 Å². The zero-order valence-electron chi connectivity index (χ0n) is 12.0. The highest BCUT2D eigenvalue weighted by Crippen LogP contribution is 2.43. The van der Waals surface area contributed by atoms with Crippen molar-refractivity contribution in [1.82, 2.24) is 5.01 Å². The van der Waals surface area contributed by atoms with Crippen LogP contribution in [-0.2, 0) is 0 Å². The van der Waals surface area contributed by atoms with Crippen LogP contribution in [-0.4, -0.2) is 16.9 Å². The largest absolute Gasteiger partial charge is 0.469 e. The lowest BCUT2D eigenvalue weighted by Crippen LogP contribution is -2.37. The molecule has 2 heterocycles. The predicted molar refractivity (Wildman–Crippen MR) is 91.4 cm³/mol. The molecular weight excluding hydrogens is 364 g/mol. The summed E-state index contributed by atoms with van der Waals surface area (Å²) >= 11 is 9.52. The van der Waals surface area contributed by atoms with Gasteiger partial charge in [-0.25, -0.2) is 0 Å². The van der Waals surface area contributed by atoms with E-state index in [4.69, 9.17) is 21.4 Å². The van der Waals surface area contributed by atoms with E-state index < -0.39 is 0 Å². The van der Waals surface area contributed by atoms with Gasteiger partial charge in [-0.05, 0) is 42.8 Å². The zero-order valence-corrected chi connectivity index (χ0v) is 14.3. The van der Waals surface area contributed by atoms with Gasteiger partial charge in [-0.2, -0.15) is 5.10 Å². The summed E-state index contributed by atoms with van der Waals surface area (Å²) in [7, 11) is 0. The Morgan fingerprint density at radius 1 is 1.23 bits per heavy atom. The summed E-state index contributed by atoms with van der Waals surface area (Å²) in [6, 6.07) is 14.2. The highest BCUT2D eigenvalue weighted by molar-refractivity contribution is 9.10. The second-order valence-corrected chi connectivity index (χ2v) is 6.90. The molecule has 3 nitrogen and oxygen atoms in total. The Morgan fingerprint density at radius 2 is 2.00 bits per heavy atom. The first-order valence-corrected chi connectivity index (χ1v) is 8.37. The Labute approximate surface area is 142 Å². The molecule has 0 aliphatic carbocycles. The van der Waals surface area contributed by atoms with E-state index in [1.54, 1.807) is 0 Å². The Balaban J connectivity index is 1.72. The van der Waals surface area contributed by atoms with Crippen LogP contribution in [0, 0.1) is 0 Å². The summed E-state index contributed by atoms with van der Waals surface area (Å²) in [5.74, 6) is 0.949. The van der Waals surface area contributed by atoms with Crippen molar-refractivity contribution in [1.29, 1.82) is 0 Å². The molecule has 0 radical (unpaired) electrons. The summed E-state index contributed by atoms with van der Waals surface area (Å²) in [6.07, 6.45) is 0.808. The second-order valence-electron chi connectivity index (χ2n) is 5.55. The smallest absolute Gasteiger partial charge is 0.185 e. The van der Waals surface area contributed by atoms with Crippen molar-refractivity contribution in [2.75, 3.05) is 0 Å². The lowest BCUT2D eigenvalue weighted by molar-refractivity contribution is -0.00339. The van der Waals surface area contributed by atoms with E-state index in [0.29, 0.717) is 0 Å². The SMILES string of the molecule is CC1Oc2ccc(Br)cc2C2CC(c3ccc(Cl)cc3)=NN12. The van der Waals surface area contributed by atoms with E-state index in [9.17, 15) is 0 Å². The molecular formula is C17H14BrClN2O. The van der Waals surface area contributed by atoms with Crippen LogP contribution in [0.4, 0.5) is 0 Å². The topological polar surface area (TPSA) is 24.8 Å². The molecule has 2 aliphatic rings. The van der Waals surface area contributed by atoms with Crippen molar-refractivity contribution in [2.24, 2.45) is 5.10 Å². The summed E-state index contributed by atoms with van der Waals surface area (Å²) in [5, 5.41) is 7.58. The molecule has 0 bridgehead atoms. The van der Waals surface area contributed by atoms with E-state index in [0.717, 1.165) is 32.9 Å². The van der Waals surface area contributed by atoms with Gasteiger partial charge in [0, 0.05) is 21.5 Å². The number of hydrogen-bond acceptors (Lipinski definition) is 3. The average molecular weight is 378 g/mol. The van der Waals surface area contributed by atoms with E-state index >= 15 is 0 Å². The number of hydrogen-bond donors (Lipinski definition) is 0. The molecule has 2 aliphatic heterocycles. The number of nitrogens with zero attached hydrogens (tertiary/aromatic N) is 2. The molecule has 0 spiro atoms. The number of fused-ring (bicyclic) bond motifs is 3. The van der Waals surface area contributed by atoms with Crippen LogP contribution in [0.5, 0.6) is 5.75 Å². The van der Waals surface area contributed by atoms with E-state index in [2.05, 4.69) is 27.0 Å². The van der Waals surface area contributed by atoms with Crippen molar-refractivity contribution in [3.63, 3.8) is 0 Å². The van der Waals surface area contributed by atoms with Crippen molar-refractivity contribution < 1.29 is 4.74 Å². The fourth-order valence-corrected chi connectivity index (χ4v) is 3.56. The average Bonchev–Trinajstić information content (AvgIpc) is 2.95. The summed E-state index contributed by atoms with van der Waals surface area (Å²) in [6.45, 7) is 2.03. The van der Waals surface area contributed by atoms with Gasteiger partial charge in [0.15, 0.2) is 6.23 Å². The first kappa shape index (κ1) is 14.1. The van der Waals surface area contributed by atoms with Crippen molar-refractivity contribution in [2.45, 2.75) is 25.6 Å². The summed E-state index contributed by atoms with van der Waals surface area (Å²) in [5.41, 5.74) is 3.37. The molecule has 0 N–H and O–H groups in total. The van der Waals surface area contributed by atoms with Gasteiger partial charge in [-0.3, -0.25) is 5.01 Å². The fraction of sp³-hybridized carbons (Fsp3) is 0.235. The predicted octanol–water partition coefficient (Wildman–Crippen LogP) is 4.99. The number of benzene rings is 2.